The lowest BCUT2D eigenvalue weighted by molar-refractivity contribution is -0.143. The van der Waals surface area contributed by atoms with E-state index >= 15 is 0 Å². The van der Waals surface area contributed by atoms with Gasteiger partial charge in [0.25, 0.3) is 0 Å². The van der Waals surface area contributed by atoms with Crippen LogP contribution in [0.1, 0.15) is 24.8 Å². The minimum absolute atomic E-state index is 0.145. The quantitative estimate of drug-likeness (QED) is 0.755. The van der Waals surface area contributed by atoms with Crippen LogP contribution < -0.4 is 4.74 Å². The molecule has 4 heteroatoms. The number of carbonyl (C=O) groups excluding carboxylic acids is 1. The molecule has 1 fully saturated rings. The number of piperidine rings is 1. The maximum Gasteiger partial charge on any atom is 0.310 e. The van der Waals surface area contributed by atoms with Crippen LogP contribution in [-0.4, -0.2) is 44.7 Å². The second-order valence-corrected chi connectivity index (χ2v) is 5.78. The van der Waals surface area contributed by atoms with Crippen LogP contribution in [0.5, 0.6) is 5.75 Å². The molecule has 21 heavy (non-hydrogen) atoms. The van der Waals surface area contributed by atoms with E-state index in [9.17, 15) is 4.79 Å². The zero-order valence-electron chi connectivity index (χ0n) is 13.0. The summed E-state index contributed by atoms with van der Waals surface area (Å²) in [6.45, 7) is 2.86. The van der Waals surface area contributed by atoms with Crippen LogP contribution in [0.15, 0.2) is 24.3 Å². The molecule has 1 saturated heterocycles. The fourth-order valence-corrected chi connectivity index (χ4v) is 2.65. The summed E-state index contributed by atoms with van der Waals surface area (Å²) < 4.78 is 10.4. The van der Waals surface area contributed by atoms with Gasteiger partial charge in [-0.1, -0.05) is 12.1 Å². The maximum absolute atomic E-state index is 11.8. The van der Waals surface area contributed by atoms with Gasteiger partial charge in [0.1, 0.15) is 5.75 Å². The second-order valence-electron chi connectivity index (χ2n) is 5.78. The molecule has 0 aromatic heterocycles. The van der Waals surface area contributed by atoms with Crippen LogP contribution in [-0.2, 0) is 16.0 Å². The molecular formula is C17H25NO3. The van der Waals surface area contributed by atoms with Crippen LogP contribution in [0.25, 0.3) is 0 Å². The molecule has 1 heterocycles. The van der Waals surface area contributed by atoms with Gasteiger partial charge in [-0.25, -0.2) is 0 Å². The van der Waals surface area contributed by atoms with Crippen molar-refractivity contribution in [3.63, 3.8) is 0 Å². The van der Waals surface area contributed by atoms with Gasteiger partial charge in [0.05, 0.1) is 20.1 Å². The SMILES string of the molecule is COc1ccc(CC(=O)OCCC2CCN(C)CC2)cc1. The lowest BCUT2D eigenvalue weighted by Crippen LogP contribution is -2.30. The maximum atomic E-state index is 11.8. The standard InChI is InChI=1S/C17H25NO3/c1-18-10-7-14(8-11-18)9-12-21-17(19)13-15-3-5-16(20-2)6-4-15/h3-6,14H,7-13H2,1-2H3. The van der Waals surface area contributed by atoms with Crippen molar-refractivity contribution in [2.24, 2.45) is 5.92 Å². The fourth-order valence-electron chi connectivity index (χ4n) is 2.65. The Morgan fingerprint density at radius 2 is 1.90 bits per heavy atom. The van der Waals surface area contributed by atoms with Crippen molar-refractivity contribution >= 4 is 5.97 Å². The summed E-state index contributed by atoms with van der Waals surface area (Å²) in [7, 11) is 3.79. The highest BCUT2D eigenvalue weighted by Gasteiger charge is 2.16. The first-order valence-corrected chi connectivity index (χ1v) is 7.64. The highest BCUT2D eigenvalue weighted by Crippen LogP contribution is 2.19. The van der Waals surface area contributed by atoms with Crippen molar-refractivity contribution in [3.8, 4) is 5.75 Å². The van der Waals surface area contributed by atoms with Crippen molar-refractivity contribution in [2.75, 3.05) is 33.9 Å². The Balaban J connectivity index is 1.65. The van der Waals surface area contributed by atoms with Gasteiger partial charge in [0, 0.05) is 0 Å². The lowest BCUT2D eigenvalue weighted by Gasteiger charge is -2.28. The average molecular weight is 291 g/mol. The summed E-state index contributed by atoms with van der Waals surface area (Å²) in [5.74, 6) is 1.36. The Hall–Kier alpha value is -1.55. The Morgan fingerprint density at radius 1 is 1.24 bits per heavy atom. The normalized spacial score (nSPS) is 16.7. The summed E-state index contributed by atoms with van der Waals surface area (Å²) >= 11 is 0. The van der Waals surface area contributed by atoms with E-state index < -0.39 is 0 Å². The minimum atomic E-state index is -0.145. The van der Waals surface area contributed by atoms with Gasteiger partial charge >= 0.3 is 5.97 Å². The largest absolute Gasteiger partial charge is 0.497 e. The number of carbonyl (C=O) groups is 1. The van der Waals surface area contributed by atoms with Gasteiger partial charge in [-0.2, -0.15) is 0 Å². The summed E-state index contributed by atoms with van der Waals surface area (Å²) in [4.78, 5) is 14.2. The number of ether oxygens (including phenoxy) is 2. The minimum Gasteiger partial charge on any atom is -0.497 e. The van der Waals surface area contributed by atoms with Crippen molar-refractivity contribution in [1.82, 2.24) is 4.90 Å². The molecule has 0 bridgehead atoms. The Bertz CT molecular complexity index is 436. The number of likely N-dealkylation sites (tertiary alicyclic amines) is 1. The molecule has 0 radical (unpaired) electrons. The number of esters is 1. The van der Waals surface area contributed by atoms with Gasteiger partial charge < -0.3 is 14.4 Å². The molecule has 0 aliphatic carbocycles. The van der Waals surface area contributed by atoms with E-state index in [1.165, 1.54) is 12.8 Å². The molecule has 0 spiro atoms. The molecule has 0 atom stereocenters. The van der Waals surface area contributed by atoms with Crippen LogP contribution in [0, 0.1) is 5.92 Å². The van der Waals surface area contributed by atoms with Crippen LogP contribution in [0.4, 0.5) is 0 Å². The molecule has 0 saturated carbocycles. The first-order valence-electron chi connectivity index (χ1n) is 7.64. The number of rotatable bonds is 6. The smallest absolute Gasteiger partial charge is 0.310 e. The van der Waals surface area contributed by atoms with Gasteiger partial charge in [0.15, 0.2) is 0 Å². The fraction of sp³-hybridized carbons (Fsp3) is 0.588. The number of nitrogens with zero attached hydrogens (tertiary/aromatic N) is 1. The molecule has 1 aliphatic heterocycles. The summed E-state index contributed by atoms with van der Waals surface area (Å²) in [5, 5.41) is 0. The van der Waals surface area contributed by atoms with Crippen LogP contribution in [0.2, 0.25) is 0 Å². The topological polar surface area (TPSA) is 38.8 Å². The second kappa shape index (κ2) is 8.03. The zero-order chi connectivity index (χ0) is 15.1. The predicted octanol–water partition coefficient (Wildman–Crippen LogP) is 2.51. The van der Waals surface area contributed by atoms with E-state index in [0.29, 0.717) is 18.9 Å². The van der Waals surface area contributed by atoms with E-state index in [2.05, 4.69) is 11.9 Å². The van der Waals surface area contributed by atoms with E-state index in [1.54, 1.807) is 7.11 Å². The summed E-state index contributed by atoms with van der Waals surface area (Å²) in [6.07, 6.45) is 3.75. The zero-order valence-corrected chi connectivity index (χ0v) is 13.0. The first-order chi connectivity index (χ1) is 10.2. The molecule has 0 N–H and O–H groups in total. The molecule has 0 unspecified atom stereocenters. The van der Waals surface area contributed by atoms with Gasteiger partial charge in [-0.15, -0.1) is 0 Å². The lowest BCUT2D eigenvalue weighted by atomic mass is 9.94. The monoisotopic (exact) mass is 291 g/mol. The molecule has 2 rings (SSSR count). The molecule has 1 aromatic carbocycles. The predicted molar refractivity (Wildman–Crippen MR) is 82.5 cm³/mol. The number of hydrogen-bond acceptors (Lipinski definition) is 4. The van der Waals surface area contributed by atoms with Crippen molar-refractivity contribution in [1.29, 1.82) is 0 Å². The van der Waals surface area contributed by atoms with Crippen LogP contribution >= 0.6 is 0 Å². The van der Waals surface area contributed by atoms with Crippen LogP contribution in [0.3, 0.4) is 0 Å². The molecule has 0 amide bonds. The van der Waals surface area contributed by atoms with Gasteiger partial charge in [-0.3, -0.25) is 4.79 Å². The third-order valence-electron chi connectivity index (χ3n) is 4.13. The van der Waals surface area contributed by atoms with Crippen molar-refractivity contribution in [3.05, 3.63) is 29.8 Å². The van der Waals surface area contributed by atoms with Gasteiger partial charge in [-0.05, 0) is 63.0 Å². The highest BCUT2D eigenvalue weighted by molar-refractivity contribution is 5.72. The third kappa shape index (κ3) is 5.38. The van der Waals surface area contributed by atoms with Gasteiger partial charge in [0.2, 0.25) is 0 Å². The third-order valence-corrected chi connectivity index (χ3v) is 4.13. The van der Waals surface area contributed by atoms with Crippen molar-refractivity contribution in [2.45, 2.75) is 25.7 Å². The van der Waals surface area contributed by atoms with E-state index in [-0.39, 0.29) is 5.97 Å². The van der Waals surface area contributed by atoms with E-state index in [4.69, 9.17) is 9.47 Å². The number of hydrogen-bond donors (Lipinski definition) is 0. The molecule has 1 aliphatic rings. The molecule has 116 valence electrons. The summed E-state index contributed by atoms with van der Waals surface area (Å²) in [6, 6.07) is 7.52. The Kier molecular flexibility index (Phi) is 6.05. The van der Waals surface area contributed by atoms with E-state index in [0.717, 1.165) is 30.8 Å². The number of methoxy groups -OCH3 is 1. The molecular weight excluding hydrogens is 266 g/mol. The Labute approximate surface area is 127 Å². The van der Waals surface area contributed by atoms with Crippen molar-refractivity contribution < 1.29 is 14.3 Å². The average Bonchev–Trinajstić information content (AvgIpc) is 2.50. The molecule has 4 nitrogen and oxygen atoms in total. The Morgan fingerprint density at radius 3 is 2.52 bits per heavy atom. The van der Waals surface area contributed by atoms with E-state index in [1.807, 2.05) is 24.3 Å². The first kappa shape index (κ1) is 15.8. The molecule has 1 aromatic rings. The highest BCUT2D eigenvalue weighted by atomic mass is 16.5. The number of benzene rings is 1. The summed E-state index contributed by atoms with van der Waals surface area (Å²) in [5.41, 5.74) is 0.958.